The van der Waals surface area contributed by atoms with Crippen molar-refractivity contribution in [1.82, 2.24) is 0 Å². The molecule has 4 N–H and O–H groups in total. The molecule has 0 aliphatic heterocycles. The molecule has 0 aromatic heterocycles. The minimum absolute atomic E-state index is 0.0833. The van der Waals surface area contributed by atoms with Crippen LogP contribution in [0.4, 0.5) is 0 Å². The van der Waals surface area contributed by atoms with E-state index in [9.17, 15) is 9.59 Å². The fraction of sp³-hybridized carbons (Fsp3) is 0. The van der Waals surface area contributed by atoms with Crippen molar-refractivity contribution in [3.8, 4) is 22.6 Å². The van der Waals surface area contributed by atoms with Crippen LogP contribution in [0.2, 0.25) is 0 Å². The van der Waals surface area contributed by atoms with Crippen LogP contribution in [0.15, 0.2) is 72.8 Å². The molecule has 132 valence electrons. The van der Waals surface area contributed by atoms with Crippen molar-refractivity contribution in [2.75, 3.05) is 0 Å². The average molecular weight is 352 g/mol. The zero-order valence-corrected chi connectivity index (χ0v) is 13.5. The molecule has 6 heteroatoms. The van der Waals surface area contributed by atoms with Gasteiger partial charge in [0, 0.05) is 0 Å². The largest absolute Gasteiger partial charge is 0.508 e. The third kappa shape index (κ3) is 5.10. The Morgan fingerprint density at radius 1 is 0.500 bits per heavy atom. The summed E-state index contributed by atoms with van der Waals surface area (Å²) in [6.45, 7) is 0. The smallest absolute Gasteiger partial charge is 0.335 e. The topological polar surface area (TPSA) is 115 Å². The lowest BCUT2D eigenvalue weighted by Crippen LogP contribution is -1.99. The summed E-state index contributed by atoms with van der Waals surface area (Å²) in [5, 5.41) is 35.1. The Labute approximate surface area is 149 Å². The van der Waals surface area contributed by atoms with Crippen molar-refractivity contribution in [2.45, 2.75) is 0 Å². The molecule has 26 heavy (non-hydrogen) atoms. The fourth-order valence-corrected chi connectivity index (χ4v) is 2.06. The van der Waals surface area contributed by atoms with Crippen LogP contribution in [-0.2, 0) is 0 Å². The summed E-state index contributed by atoms with van der Waals surface area (Å²) in [6.07, 6.45) is 0. The summed E-state index contributed by atoms with van der Waals surface area (Å²) in [7, 11) is 0. The van der Waals surface area contributed by atoms with Crippen LogP contribution in [0.3, 0.4) is 0 Å². The SMILES string of the molecule is O=C(O)c1ccc(C(=O)O)cc1.Oc1ccc(-c2ccc(O)cc2)cc1. The summed E-state index contributed by atoms with van der Waals surface area (Å²) >= 11 is 0. The van der Waals surface area contributed by atoms with E-state index in [0.29, 0.717) is 0 Å². The number of benzene rings is 3. The fourth-order valence-electron chi connectivity index (χ4n) is 2.06. The van der Waals surface area contributed by atoms with Crippen LogP contribution >= 0.6 is 0 Å². The van der Waals surface area contributed by atoms with Crippen molar-refractivity contribution < 1.29 is 30.0 Å². The highest BCUT2D eigenvalue weighted by atomic mass is 16.4. The van der Waals surface area contributed by atoms with Gasteiger partial charge in [0.15, 0.2) is 0 Å². The Bertz CT molecular complexity index is 805. The van der Waals surface area contributed by atoms with E-state index in [4.69, 9.17) is 20.4 Å². The van der Waals surface area contributed by atoms with Gasteiger partial charge in [0.2, 0.25) is 0 Å². The number of aromatic hydroxyl groups is 2. The molecule has 0 amide bonds. The normalized spacial score (nSPS) is 9.69. The number of phenols is 2. The summed E-state index contributed by atoms with van der Waals surface area (Å²) in [6, 6.07) is 18.9. The predicted molar refractivity (Wildman–Crippen MR) is 95.6 cm³/mol. The minimum atomic E-state index is -1.06. The number of hydrogen-bond donors (Lipinski definition) is 4. The maximum Gasteiger partial charge on any atom is 0.335 e. The summed E-state index contributed by atoms with van der Waals surface area (Å²) < 4.78 is 0. The van der Waals surface area contributed by atoms with Crippen LogP contribution in [0, 0.1) is 0 Å². The summed E-state index contributed by atoms with van der Waals surface area (Å²) in [4.78, 5) is 20.7. The molecule has 0 unspecified atom stereocenters. The molecule has 3 aromatic rings. The van der Waals surface area contributed by atoms with Crippen LogP contribution in [-0.4, -0.2) is 32.4 Å². The Morgan fingerprint density at radius 3 is 1.00 bits per heavy atom. The molecule has 0 saturated carbocycles. The lowest BCUT2D eigenvalue weighted by atomic mass is 10.1. The molecular weight excluding hydrogens is 336 g/mol. The molecule has 0 fully saturated rings. The van der Waals surface area contributed by atoms with E-state index in [1.54, 1.807) is 24.3 Å². The Balaban J connectivity index is 0.000000190. The van der Waals surface area contributed by atoms with Gasteiger partial charge in [-0.3, -0.25) is 0 Å². The van der Waals surface area contributed by atoms with Gasteiger partial charge in [0.05, 0.1) is 11.1 Å². The molecule has 0 saturated heterocycles. The predicted octanol–water partition coefficient (Wildman–Crippen LogP) is 3.85. The van der Waals surface area contributed by atoms with Crippen molar-refractivity contribution >= 4 is 11.9 Å². The van der Waals surface area contributed by atoms with E-state index in [1.807, 2.05) is 24.3 Å². The van der Waals surface area contributed by atoms with E-state index in [2.05, 4.69) is 0 Å². The van der Waals surface area contributed by atoms with Crippen molar-refractivity contribution in [2.24, 2.45) is 0 Å². The number of carboxylic acids is 2. The van der Waals surface area contributed by atoms with Crippen molar-refractivity contribution in [1.29, 1.82) is 0 Å². The Hall–Kier alpha value is -3.80. The first kappa shape index (κ1) is 18.5. The number of rotatable bonds is 3. The molecule has 0 spiro atoms. The monoisotopic (exact) mass is 352 g/mol. The number of phenolic OH excluding ortho intramolecular Hbond substituents is 2. The highest BCUT2D eigenvalue weighted by Crippen LogP contribution is 2.23. The van der Waals surface area contributed by atoms with Gasteiger partial charge in [-0.25, -0.2) is 9.59 Å². The molecule has 3 rings (SSSR count). The minimum Gasteiger partial charge on any atom is -0.508 e. The van der Waals surface area contributed by atoms with Gasteiger partial charge < -0.3 is 20.4 Å². The van der Waals surface area contributed by atoms with Crippen LogP contribution in [0.25, 0.3) is 11.1 Å². The lowest BCUT2D eigenvalue weighted by Gasteiger charge is -2.01. The van der Waals surface area contributed by atoms with Gasteiger partial charge in [-0.05, 0) is 59.7 Å². The maximum atomic E-state index is 10.3. The molecular formula is C20H16O6. The van der Waals surface area contributed by atoms with Crippen molar-refractivity contribution in [3.63, 3.8) is 0 Å². The first-order valence-electron chi connectivity index (χ1n) is 7.52. The van der Waals surface area contributed by atoms with Gasteiger partial charge in [0.25, 0.3) is 0 Å². The second kappa shape index (κ2) is 8.34. The highest BCUT2D eigenvalue weighted by molar-refractivity contribution is 5.91. The number of carbonyl (C=O) groups is 2. The molecule has 0 bridgehead atoms. The third-order valence-electron chi connectivity index (χ3n) is 3.45. The number of aromatic carboxylic acids is 2. The van der Waals surface area contributed by atoms with Crippen LogP contribution in [0.1, 0.15) is 20.7 Å². The Kier molecular flexibility index (Phi) is 5.95. The second-order valence-corrected chi connectivity index (χ2v) is 5.28. The van der Waals surface area contributed by atoms with Crippen molar-refractivity contribution in [3.05, 3.63) is 83.9 Å². The Morgan fingerprint density at radius 2 is 0.769 bits per heavy atom. The number of carboxylic acid groups (broad SMARTS) is 2. The molecule has 0 atom stereocenters. The van der Waals surface area contributed by atoms with Gasteiger partial charge in [-0.15, -0.1) is 0 Å². The number of hydrogen-bond acceptors (Lipinski definition) is 4. The van der Waals surface area contributed by atoms with E-state index in [-0.39, 0.29) is 22.6 Å². The zero-order chi connectivity index (χ0) is 19.1. The molecule has 3 aromatic carbocycles. The van der Waals surface area contributed by atoms with E-state index in [1.165, 1.54) is 24.3 Å². The third-order valence-corrected chi connectivity index (χ3v) is 3.45. The van der Waals surface area contributed by atoms with Gasteiger partial charge in [-0.2, -0.15) is 0 Å². The quantitative estimate of drug-likeness (QED) is 0.569. The summed E-state index contributed by atoms with van der Waals surface area (Å²) in [5.41, 5.74) is 2.20. The highest BCUT2D eigenvalue weighted by Gasteiger charge is 2.04. The summed E-state index contributed by atoms with van der Waals surface area (Å²) in [5.74, 6) is -1.61. The van der Waals surface area contributed by atoms with Gasteiger partial charge >= 0.3 is 11.9 Å². The van der Waals surface area contributed by atoms with E-state index < -0.39 is 11.9 Å². The van der Waals surface area contributed by atoms with Crippen LogP contribution < -0.4 is 0 Å². The zero-order valence-electron chi connectivity index (χ0n) is 13.5. The molecule has 0 aliphatic carbocycles. The molecule has 0 heterocycles. The lowest BCUT2D eigenvalue weighted by molar-refractivity contribution is 0.0681. The first-order chi connectivity index (χ1) is 12.4. The van der Waals surface area contributed by atoms with Gasteiger partial charge in [-0.1, -0.05) is 24.3 Å². The van der Waals surface area contributed by atoms with E-state index >= 15 is 0 Å². The van der Waals surface area contributed by atoms with Gasteiger partial charge in [0.1, 0.15) is 11.5 Å². The van der Waals surface area contributed by atoms with Crippen LogP contribution in [0.5, 0.6) is 11.5 Å². The standard InChI is InChI=1S/C12H10O2.C8H6O4/c13-11-5-1-9(2-6-11)10-3-7-12(14)8-4-10;9-7(10)5-1-2-6(4-3-5)8(11)12/h1-8,13-14H;1-4H,(H,9,10)(H,11,12). The average Bonchev–Trinajstić information content (AvgIpc) is 2.64. The molecule has 0 aliphatic rings. The van der Waals surface area contributed by atoms with E-state index in [0.717, 1.165) is 11.1 Å². The molecule has 6 nitrogen and oxygen atoms in total. The second-order valence-electron chi connectivity index (χ2n) is 5.28. The maximum absolute atomic E-state index is 10.3. The first-order valence-corrected chi connectivity index (χ1v) is 7.52. The molecule has 0 radical (unpaired) electrons.